The van der Waals surface area contributed by atoms with Crippen LogP contribution in [0.3, 0.4) is 0 Å². The van der Waals surface area contributed by atoms with Crippen molar-refractivity contribution in [2.45, 2.75) is 0 Å². The van der Waals surface area contributed by atoms with Gasteiger partial charge in [0.1, 0.15) is 5.75 Å². The topological polar surface area (TPSA) is 26.3 Å². The molecule has 0 atom stereocenters. The molecule has 0 aliphatic heterocycles. The van der Waals surface area contributed by atoms with Gasteiger partial charge in [0, 0.05) is 0 Å². The van der Waals surface area contributed by atoms with E-state index < -0.39 is 6.04 Å². The second kappa shape index (κ2) is 3.14. The highest BCUT2D eigenvalue weighted by Gasteiger charge is 2.02. The molecule has 0 spiro atoms. The quantitative estimate of drug-likeness (QED) is 0.607. The third kappa shape index (κ3) is 1.77. The zero-order chi connectivity index (χ0) is 8.27. The maximum absolute atomic E-state index is 12.1. The molecule has 0 bridgehead atoms. The predicted molar refractivity (Wildman–Crippen MR) is 38.4 cm³/mol. The van der Waals surface area contributed by atoms with Crippen molar-refractivity contribution in [3.05, 3.63) is 29.8 Å². The van der Waals surface area contributed by atoms with Crippen molar-refractivity contribution < 1.29 is 13.9 Å². The van der Waals surface area contributed by atoms with Gasteiger partial charge in [-0.2, -0.15) is 4.39 Å². The number of rotatable bonds is 2. The summed E-state index contributed by atoms with van der Waals surface area (Å²) < 4.78 is 16.8. The molecule has 0 saturated carbocycles. The fraction of sp³-hybridized carbons (Fsp3) is 0.125. The van der Waals surface area contributed by atoms with E-state index >= 15 is 0 Å². The second-order valence-electron chi connectivity index (χ2n) is 2.01. The molecule has 11 heavy (non-hydrogen) atoms. The molecular weight excluding hydrogens is 147 g/mol. The molecule has 3 heteroatoms. The first-order valence-corrected chi connectivity index (χ1v) is 3.08. The first-order valence-electron chi connectivity index (χ1n) is 3.08. The van der Waals surface area contributed by atoms with Crippen LogP contribution in [-0.2, 0) is 0 Å². The molecule has 0 radical (unpaired) electrons. The van der Waals surface area contributed by atoms with E-state index in [4.69, 9.17) is 4.74 Å². The van der Waals surface area contributed by atoms with Crippen LogP contribution in [-0.4, -0.2) is 13.1 Å². The summed E-state index contributed by atoms with van der Waals surface area (Å²) in [6.45, 7) is 0. The van der Waals surface area contributed by atoms with Gasteiger partial charge in [0.05, 0.1) is 12.7 Å². The molecule has 0 heterocycles. The van der Waals surface area contributed by atoms with E-state index in [1.54, 1.807) is 12.1 Å². The van der Waals surface area contributed by atoms with Crippen LogP contribution in [0.4, 0.5) is 4.39 Å². The molecular formula is C8H7FO2. The summed E-state index contributed by atoms with van der Waals surface area (Å²) in [4.78, 5) is 10.2. The lowest BCUT2D eigenvalue weighted by atomic mass is 10.2. The molecule has 0 aliphatic rings. The minimum atomic E-state index is -1.44. The lowest BCUT2D eigenvalue weighted by molar-refractivity contribution is 0.0835. The van der Waals surface area contributed by atoms with Crippen LogP contribution in [0.2, 0.25) is 0 Å². The van der Waals surface area contributed by atoms with Crippen molar-refractivity contribution in [3.63, 3.8) is 0 Å². The fourth-order valence-corrected chi connectivity index (χ4v) is 0.745. The maximum Gasteiger partial charge on any atom is 0.332 e. The molecule has 0 N–H and O–H groups in total. The van der Waals surface area contributed by atoms with E-state index in [9.17, 15) is 9.18 Å². The molecule has 1 aromatic carbocycles. The van der Waals surface area contributed by atoms with Gasteiger partial charge in [-0.05, 0) is 18.2 Å². The average Bonchev–Trinajstić information content (AvgIpc) is 2.05. The van der Waals surface area contributed by atoms with Gasteiger partial charge >= 0.3 is 6.04 Å². The normalized spacial score (nSPS) is 9.27. The van der Waals surface area contributed by atoms with Gasteiger partial charge in [-0.15, -0.1) is 0 Å². The number of halogens is 1. The molecule has 0 saturated heterocycles. The predicted octanol–water partition coefficient (Wildman–Crippen LogP) is 1.80. The Labute approximate surface area is 63.6 Å². The molecule has 0 aliphatic carbocycles. The van der Waals surface area contributed by atoms with Crippen LogP contribution in [0.1, 0.15) is 10.4 Å². The van der Waals surface area contributed by atoms with Gasteiger partial charge in [-0.1, -0.05) is 6.07 Å². The number of carbonyl (C=O) groups excluding carboxylic acids is 1. The summed E-state index contributed by atoms with van der Waals surface area (Å²) >= 11 is 0. The first kappa shape index (κ1) is 7.72. The van der Waals surface area contributed by atoms with Crippen LogP contribution in [0, 0.1) is 0 Å². The van der Waals surface area contributed by atoms with E-state index in [0.29, 0.717) is 5.75 Å². The van der Waals surface area contributed by atoms with Crippen LogP contribution in [0.15, 0.2) is 24.3 Å². The molecule has 58 valence electrons. The minimum Gasteiger partial charge on any atom is -0.497 e. The molecule has 1 rings (SSSR count). The SMILES string of the molecule is COc1cccc(C(=O)F)c1. The number of methoxy groups -OCH3 is 1. The number of hydrogen-bond donors (Lipinski definition) is 0. The van der Waals surface area contributed by atoms with E-state index in [0.717, 1.165) is 0 Å². The minimum absolute atomic E-state index is 0.0179. The Morgan fingerprint density at radius 2 is 2.27 bits per heavy atom. The van der Waals surface area contributed by atoms with Gasteiger partial charge in [0.25, 0.3) is 0 Å². The van der Waals surface area contributed by atoms with Gasteiger partial charge in [0.15, 0.2) is 0 Å². The summed E-state index contributed by atoms with van der Waals surface area (Å²) in [5.41, 5.74) is 0.0179. The highest BCUT2D eigenvalue weighted by atomic mass is 19.1. The van der Waals surface area contributed by atoms with Crippen molar-refractivity contribution >= 4 is 6.04 Å². The van der Waals surface area contributed by atoms with Crippen molar-refractivity contribution in [1.82, 2.24) is 0 Å². The van der Waals surface area contributed by atoms with Crippen molar-refractivity contribution in [2.75, 3.05) is 7.11 Å². The average molecular weight is 154 g/mol. The van der Waals surface area contributed by atoms with Gasteiger partial charge in [0.2, 0.25) is 0 Å². The standard InChI is InChI=1S/C8H7FO2/c1-11-7-4-2-3-6(5-7)8(9)10/h2-5H,1H3. The van der Waals surface area contributed by atoms with Crippen molar-refractivity contribution in [2.24, 2.45) is 0 Å². The van der Waals surface area contributed by atoms with Crippen LogP contribution in [0.25, 0.3) is 0 Å². The summed E-state index contributed by atoms with van der Waals surface area (Å²) in [6, 6.07) is 4.51. The third-order valence-electron chi connectivity index (χ3n) is 1.30. The number of ether oxygens (including phenoxy) is 1. The highest BCUT2D eigenvalue weighted by Crippen LogP contribution is 2.12. The van der Waals surface area contributed by atoms with Crippen LogP contribution < -0.4 is 4.74 Å². The molecule has 2 nitrogen and oxygen atoms in total. The molecule has 0 aromatic heterocycles. The first-order chi connectivity index (χ1) is 5.24. The monoisotopic (exact) mass is 154 g/mol. The zero-order valence-corrected chi connectivity index (χ0v) is 6.00. The highest BCUT2D eigenvalue weighted by molar-refractivity contribution is 5.88. The van der Waals surface area contributed by atoms with Gasteiger partial charge in [-0.3, -0.25) is 4.79 Å². The van der Waals surface area contributed by atoms with E-state index in [2.05, 4.69) is 0 Å². The molecule has 0 unspecified atom stereocenters. The number of benzene rings is 1. The van der Waals surface area contributed by atoms with Crippen LogP contribution in [0.5, 0.6) is 5.75 Å². The maximum atomic E-state index is 12.1. The number of carbonyl (C=O) groups is 1. The Balaban J connectivity index is 3.01. The van der Waals surface area contributed by atoms with Crippen molar-refractivity contribution in [3.8, 4) is 5.75 Å². The second-order valence-corrected chi connectivity index (χ2v) is 2.01. The smallest absolute Gasteiger partial charge is 0.332 e. The Bertz CT molecular complexity index is 271. The van der Waals surface area contributed by atoms with Crippen molar-refractivity contribution in [1.29, 1.82) is 0 Å². The van der Waals surface area contributed by atoms with E-state index in [1.807, 2.05) is 0 Å². The van der Waals surface area contributed by atoms with E-state index in [-0.39, 0.29) is 5.56 Å². The molecule has 1 aromatic rings. The summed E-state index contributed by atoms with van der Waals surface area (Å²) in [7, 11) is 1.46. The molecule has 0 amide bonds. The summed E-state index contributed by atoms with van der Waals surface area (Å²) in [5.74, 6) is 0.480. The van der Waals surface area contributed by atoms with Crippen LogP contribution >= 0.6 is 0 Å². The Hall–Kier alpha value is -1.38. The van der Waals surface area contributed by atoms with E-state index in [1.165, 1.54) is 19.2 Å². The zero-order valence-electron chi connectivity index (χ0n) is 6.00. The summed E-state index contributed by atoms with van der Waals surface area (Å²) in [5, 5.41) is 0. The lowest BCUT2D eigenvalue weighted by Crippen LogP contribution is -1.90. The van der Waals surface area contributed by atoms with Gasteiger partial charge in [-0.25, -0.2) is 0 Å². The molecule has 0 fully saturated rings. The Morgan fingerprint density at radius 1 is 1.55 bits per heavy atom. The lowest BCUT2D eigenvalue weighted by Gasteiger charge is -1.98. The summed E-state index contributed by atoms with van der Waals surface area (Å²) in [6.07, 6.45) is 0. The Morgan fingerprint density at radius 3 is 2.82 bits per heavy atom. The Kier molecular flexibility index (Phi) is 2.21. The fourth-order valence-electron chi connectivity index (χ4n) is 0.745. The largest absolute Gasteiger partial charge is 0.497 e. The third-order valence-corrected chi connectivity index (χ3v) is 1.30. The number of hydrogen-bond acceptors (Lipinski definition) is 2. The van der Waals surface area contributed by atoms with Gasteiger partial charge < -0.3 is 4.74 Å².